The summed E-state index contributed by atoms with van der Waals surface area (Å²) >= 11 is 3.37. The summed E-state index contributed by atoms with van der Waals surface area (Å²) in [6, 6.07) is 5.51. The van der Waals surface area contributed by atoms with Crippen molar-refractivity contribution in [2.75, 3.05) is 20.2 Å². The molecule has 0 atom stereocenters. The van der Waals surface area contributed by atoms with Crippen molar-refractivity contribution in [3.8, 4) is 5.75 Å². The number of ether oxygens (including phenoxy) is 1. The predicted octanol–water partition coefficient (Wildman–Crippen LogP) is 3.47. The molecule has 0 aliphatic heterocycles. The van der Waals surface area contributed by atoms with Crippen molar-refractivity contribution in [2.24, 2.45) is 4.99 Å². The van der Waals surface area contributed by atoms with Gasteiger partial charge < -0.3 is 15.4 Å². The topological polar surface area (TPSA) is 45.7 Å². The standard InChI is InChI=1S/C14H19BrF3N3O/c1-3-19-13(20-7-6-14(16,17)18)21-9-10-8-11(15)4-5-12(10)22-2/h4-5,8H,3,6-7,9H2,1-2H3,(H2,19,20,21). The lowest BCUT2D eigenvalue weighted by atomic mass is 10.2. The normalized spacial score (nSPS) is 12.2. The van der Waals surface area contributed by atoms with Crippen LogP contribution in [0.1, 0.15) is 18.9 Å². The molecule has 0 radical (unpaired) electrons. The summed E-state index contributed by atoms with van der Waals surface area (Å²) in [6.45, 7) is 2.49. The Hall–Kier alpha value is -1.44. The molecule has 8 heteroatoms. The van der Waals surface area contributed by atoms with E-state index >= 15 is 0 Å². The lowest BCUT2D eigenvalue weighted by molar-refractivity contribution is -0.132. The van der Waals surface area contributed by atoms with E-state index in [0.717, 1.165) is 10.0 Å². The number of hydrogen-bond acceptors (Lipinski definition) is 2. The van der Waals surface area contributed by atoms with Gasteiger partial charge in [0.25, 0.3) is 0 Å². The molecule has 0 heterocycles. The van der Waals surface area contributed by atoms with Crippen molar-refractivity contribution >= 4 is 21.9 Å². The fraction of sp³-hybridized carbons (Fsp3) is 0.500. The van der Waals surface area contributed by atoms with Crippen molar-refractivity contribution in [1.82, 2.24) is 10.6 Å². The number of nitrogens with zero attached hydrogens (tertiary/aromatic N) is 1. The molecule has 0 fully saturated rings. The fourth-order valence-corrected chi connectivity index (χ4v) is 2.11. The van der Waals surface area contributed by atoms with Crippen LogP contribution in [-0.4, -0.2) is 32.3 Å². The number of benzene rings is 1. The van der Waals surface area contributed by atoms with Crippen molar-refractivity contribution in [3.05, 3.63) is 28.2 Å². The Balaban J connectivity index is 2.71. The van der Waals surface area contributed by atoms with Crippen LogP contribution in [0.2, 0.25) is 0 Å². The van der Waals surface area contributed by atoms with Gasteiger partial charge in [-0.1, -0.05) is 15.9 Å². The molecule has 0 aliphatic carbocycles. The second-order valence-corrected chi connectivity index (χ2v) is 5.36. The molecule has 0 amide bonds. The Labute approximate surface area is 136 Å². The molecule has 0 aromatic heterocycles. The highest BCUT2D eigenvalue weighted by molar-refractivity contribution is 9.10. The lowest BCUT2D eigenvalue weighted by Gasteiger charge is -2.13. The molecule has 0 aliphatic rings. The van der Waals surface area contributed by atoms with E-state index in [1.54, 1.807) is 13.2 Å². The third kappa shape index (κ3) is 7.02. The number of halogens is 4. The average Bonchev–Trinajstić information content (AvgIpc) is 2.43. The van der Waals surface area contributed by atoms with Gasteiger partial charge in [0.05, 0.1) is 20.1 Å². The number of alkyl halides is 3. The van der Waals surface area contributed by atoms with E-state index in [4.69, 9.17) is 4.74 Å². The van der Waals surface area contributed by atoms with E-state index in [0.29, 0.717) is 24.8 Å². The number of aliphatic imine (C=N–C) groups is 1. The first-order valence-electron chi connectivity index (χ1n) is 6.77. The summed E-state index contributed by atoms with van der Waals surface area (Å²) in [5, 5.41) is 5.58. The Morgan fingerprint density at radius 2 is 2.05 bits per heavy atom. The minimum Gasteiger partial charge on any atom is -0.496 e. The third-order valence-electron chi connectivity index (χ3n) is 2.70. The van der Waals surface area contributed by atoms with Gasteiger partial charge in [-0.15, -0.1) is 0 Å². The van der Waals surface area contributed by atoms with E-state index < -0.39 is 12.6 Å². The lowest BCUT2D eigenvalue weighted by Crippen LogP contribution is -2.38. The fourth-order valence-electron chi connectivity index (χ4n) is 1.70. The van der Waals surface area contributed by atoms with Crippen LogP contribution in [0.4, 0.5) is 13.2 Å². The highest BCUT2D eigenvalue weighted by atomic mass is 79.9. The van der Waals surface area contributed by atoms with Crippen molar-refractivity contribution in [1.29, 1.82) is 0 Å². The highest BCUT2D eigenvalue weighted by Crippen LogP contribution is 2.23. The van der Waals surface area contributed by atoms with Gasteiger partial charge in [0.15, 0.2) is 5.96 Å². The molecular formula is C14H19BrF3N3O. The van der Waals surface area contributed by atoms with Gasteiger partial charge in [-0.3, -0.25) is 0 Å². The quantitative estimate of drug-likeness (QED) is 0.585. The summed E-state index contributed by atoms with van der Waals surface area (Å²) in [6.07, 6.45) is -5.09. The minimum atomic E-state index is -4.18. The number of methoxy groups -OCH3 is 1. The predicted molar refractivity (Wildman–Crippen MR) is 84.2 cm³/mol. The van der Waals surface area contributed by atoms with E-state index in [2.05, 4.69) is 31.6 Å². The second kappa shape index (κ2) is 8.87. The van der Waals surface area contributed by atoms with Crippen LogP contribution >= 0.6 is 15.9 Å². The number of guanidine groups is 1. The molecule has 0 bridgehead atoms. The van der Waals surface area contributed by atoms with Gasteiger partial charge in [-0.05, 0) is 25.1 Å². The van der Waals surface area contributed by atoms with Crippen molar-refractivity contribution in [3.63, 3.8) is 0 Å². The zero-order valence-electron chi connectivity index (χ0n) is 12.4. The molecule has 0 saturated carbocycles. The smallest absolute Gasteiger partial charge is 0.390 e. The van der Waals surface area contributed by atoms with Crippen LogP contribution in [-0.2, 0) is 6.54 Å². The molecule has 0 spiro atoms. The van der Waals surface area contributed by atoms with Crippen LogP contribution in [0.5, 0.6) is 5.75 Å². The summed E-state index contributed by atoms with van der Waals surface area (Å²) < 4.78 is 42.6. The van der Waals surface area contributed by atoms with E-state index in [-0.39, 0.29) is 6.54 Å². The Bertz CT molecular complexity index is 507. The molecule has 22 heavy (non-hydrogen) atoms. The SMILES string of the molecule is CCNC(=NCc1cc(Br)ccc1OC)NCCC(F)(F)F. The van der Waals surface area contributed by atoms with E-state index in [1.165, 1.54) is 0 Å². The van der Waals surface area contributed by atoms with Crippen LogP contribution in [0.25, 0.3) is 0 Å². The van der Waals surface area contributed by atoms with E-state index in [9.17, 15) is 13.2 Å². The largest absolute Gasteiger partial charge is 0.496 e. The minimum absolute atomic E-state index is 0.217. The van der Waals surface area contributed by atoms with Gasteiger partial charge in [0.2, 0.25) is 0 Å². The molecule has 124 valence electrons. The van der Waals surface area contributed by atoms with Crippen LogP contribution in [0, 0.1) is 0 Å². The first-order chi connectivity index (χ1) is 10.4. The van der Waals surface area contributed by atoms with Gasteiger partial charge in [-0.2, -0.15) is 13.2 Å². The van der Waals surface area contributed by atoms with Gasteiger partial charge in [-0.25, -0.2) is 4.99 Å². The number of hydrogen-bond donors (Lipinski definition) is 2. The molecular weight excluding hydrogens is 363 g/mol. The van der Waals surface area contributed by atoms with Gasteiger partial charge in [0.1, 0.15) is 5.75 Å². The van der Waals surface area contributed by atoms with E-state index in [1.807, 2.05) is 19.1 Å². The Kier molecular flexibility index (Phi) is 7.50. The van der Waals surface area contributed by atoms with Crippen molar-refractivity contribution < 1.29 is 17.9 Å². The molecule has 2 N–H and O–H groups in total. The second-order valence-electron chi connectivity index (χ2n) is 4.44. The molecule has 1 rings (SSSR count). The first kappa shape index (κ1) is 18.6. The maximum absolute atomic E-state index is 12.2. The molecule has 1 aromatic rings. The summed E-state index contributed by atoms with van der Waals surface area (Å²) in [4.78, 5) is 4.28. The number of nitrogens with one attached hydrogen (secondary N) is 2. The maximum Gasteiger partial charge on any atom is 0.390 e. The molecule has 0 saturated heterocycles. The zero-order valence-corrected chi connectivity index (χ0v) is 14.0. The monoisotopic (exact) mass is 381 g/mol. The van der Waals surface area contributed by atoms with Crippen LogP contribution < -0.4 is 15.4 Å². The maximum atomic E-state index is 12.2. The summed E-state index contributed by atoms with van der Waals surface area (Å²) in [7, 11) is 1.56. The summed E-state index contributed by atoms with van der Waals surface area (Å²) in [5.41, 5.74) is 0.838. The Morgan fingerprint density at radius 1 is 1.32 bits per heavy atom. The molecule has 4 nitrogen and oxygen atoms in total. The first-order valence-corrected chi connectivity index (χ1v) is 7.56. The van der Waals surface area contributed by atoms with Gasteiger partial charge >= 0.3 is 6.18 Å². The highest BCUT2D eigenvalue weighted by Gasteiger charge is 2.26. The number of rotatable bonds is 6. The molecule has 1 aromatic carbocycles. The van der Waals surface area contributed by atoms with Gasteiger partial charge in [0, 0.05) is 23.1 Å². The average molecular weight is 382 g/mol. The Morgan fingerprint density at radius 3 is 2.64 bits per heavy atom. The van der Waals surface area contributed by atoms with Crippen LogP contribution in [0.3, 0.4) is 0 Å². The van der Waals surface area contributed by atoms with Crippen molar-refractivity contribution in [2.45, 2.75) is 26.1 Å². The summed E-state index contributed by atoms with van der Waals surface area (Å²) in [5.74, 6) is 1.02. The van der Waals surface area contributed by atoms with Crippen LogP contribution in [0.15, 0.2) is 27.7 Å². The zero-order chi connectivity index (χ0) is 16.6. The third-order valence-corrected chi connectivity index (χ3v) is 3.19. The molecule has 0 unspecified atom stereocenters.